The maximum absolute atomic E-state index is 11.1. The van der Waals surface area contributed by atoms with Gasteiger partial charge in [-0.15, -0.1) is 0 Å². The summed E-state index contributed by atoms with van der Waals surface area (Å²) in [5, 5.41) is 0. The highest BCUT2D eigenvalue weighted by Crippen LogP contribution is 2.21. The molecule has 0 heterocycles. The number of ether oxygens (including phenoxy) is 1. The second-order valence-corrected chi connectivity index (χ2v) is 4.18. The maximum Gasteiger partial charge on any atom is 0.337 e. The van der Waals surface area contributed by atoms with Crippen LogP contribution in [0.3, 0.4) is 0 Å². The average molecular weight is 279 g/mol. The van der Waals surface area contributed by atoms with E-state index in [1.54, 1.807) is 0 Å². The van der Waals surface area contributed by atoms with E-state index in [4.69, 9.17) is 4.55 Å². The molecule has 0 radical (unpaired) electrons. The predicted octanol–water partition coefficient (Wildman–Crippen LogP) is 1.82. The molecule has 1 unspecified atom stereocenters. The summed E-state index contributed by atoms with van der Waals surface area (Å²) >= 11 is 1.02. The summed E-state index contributed by atoms with van der Waals surface area (Å²) in [4.78, 5) is 11.3. The van der Waals surface area contributed by atoms with Crippen LogP contribution in [-0.2, 0) is 15.8 Å². The number of carbonyl (C=O) groups excluding carboxylic acids is 1. The van der Waals surface area contributed by atoms with E-state index in [0.29, 0.717) is 10.0 Å². The van der Waals surface area contributed by atoms with Crippen LogP contribution in [0.2, 0.25) is 0 Å². The Kier molecular flexibility index (Phi) is 3.79. The monoisotopic (exact) mass is 278 g/mol. The van der Waals surface area contributed by atoms with Gasteiger partial charge in [0.15, 0.2) is 11.1 Å². The predicted molar refractivity (Wildman–Crippen MR) is 54.5 cm³/mol. The summed E-state index contributed by atoms with van der Waals surface area (Å²) < 4.78 is 24.5. The fourth-order valence-corrected chi connectivity index (χ4v) is 2.09. The number of benzene rings is 1. The largest absolute Gasteiger partial charge is 0.465 e. The van der Waals surface area contributed by atoms with E-state index in [1.807, 2.05) is 0 Å². The molecule has 0 aliphatic heterocycles. The maximum atomic E-state index is 11.1. The lowest BCUT2D eigenvalue weighted by Crippen LogP contribution is -2.02. The lowest BCUT2D eigenvalue weighted by molar-refractivity contribution is 0.0600. The van der Waals surface area contributed by atoms with Gasteiger partial charge in [-0.3, -0.25) is 0 Å². The van der Waals surface area contributed by atoms with Crippen molar-refractivity contribution in [3.8, 4) is 0 Å². The second kappa shape index (κ2) is 4.68. The molecule has 0 aliphatic rings. The molecule has 1 N–H and O–H groups in total. The molecular formula is C8H7BrO4S. The van der Waals surface area contributed by atoms with Crippen molar-refractivity contribution in [2.45, 2.75) is 4.90 Å². The van der Waals surface area contributed by atoms with Crippen molar-refractivity contribution >= 4 is 33.0 Å². The van der Waals surface area contributed by atoms with Crippen LogP contribution < -0.4 is 0 Å². The fourth-order valence-electron chi connectivity index (χ4n) is 0.887. The van der Waals surface area contributed by atoms with Gasteiger partial charge in [0, 0.05) is 4.47 Å². The number of esters is 1. The number of halogens is 1. The molecule has 1 rings (SSSR count). The molecule has 1 aromatic rings. The molecule has 0 aromatic heterocycles. The first-order chi connectivity index (χ1) is 6.56. The Bertz CT molecular complexity index is 391. The molecule has 0 saturated heterocycles. The molecule has 0 amide bonds. The van der Waals surface area contributed by atoms with Gasteiger partial charge in [-0.05, 0) is 34.1 Å². The lowest BCUT2D eigenvalue weighted by atomic mass is 10.2. The van der Waals surface area contributed by atoms with Gasteiger partial charge >= 0.3 is 5.97 Å². The third-order valence-electron chi connectivity index (χ3n) is 1.54. The summed E-state index contributed by atoms with van der Waals surface area (Å²) in [6.45, 7) is 0. The molecule has 14 heavy (non-hydrogen) atoms. The number of methoxy groups -OCH3 is 1. The Labute approximate surface area is 91.7 Å². The summed E-state index contributed by atoms with van der Waals surface area (Å²) in [7, 11) is 1.27. The molecule has 1 atom stereocenters. The van der Waals surface area contributed by atoms with Crippen molar-refractivity contribution in [1.82, 2.24) is 0 Å². The summed E-state index contributed by atoms with van der Waals surface area (Å²) in [6, 6.07) is 4.27. The van der Waals surface area contributed by atoms with E-state index >= 15 is 0 Å². The number of hydrogen-bond donors (Lipinski definition) is 1. The molecule has 0 saturated carbocycles. The normalized spacial score (nSPS) is 12.2. The minimum Gasteiger partial charge on any atom is -0.465 e. The van der Waals surface area contributed by atoms with Crippen molar-refractivity contribution in [1.29, 1.82) is 0 Å². The van der Waals surface area contributed by atoms with Gasteiger partial charge in [-0.25, -0.2) is 9.00 Å². The van der Waals surface area contributed by atoms with E-state index in [0.717, 1.165) is 0 Å². The van der Waals surface area contributed by atoms with Gasteiger partial charge in [-0.2, -0.15) is 0 Å². The molecular weight excluding hydrogens is 272 g/mol. The third-order valence-corrected chi connectivity index (χ3v) is 3.19. The zero-order valence-corrected chi connectivity index (χ0v) is 9.59. The van der Waals surface area contributed by atoms with Crippen LogP contribution >= 0.6 is 15.9 Å². The van der Waals surface area contributed by atoms with E-state index in [2.05, 4.69) is 20.7 Å². The number of hydrogen-bond acceptors (Lipinski definition) is 3. The van der Waals surface area contributed by atoms with Gasteiger partial charge in [-0.1, -0.05) is 0 Å². The first-order valence-electron chi connectivity index (χ1n) is 3.55. The standard InChI is InChI=1S/C8H7BrO4S/c1-13-8(10)5-2-3-7(14(11)12)6(9)4-5/h2-4H,1H3,(H,11,12). The Morgan fingerprint density at radius 1 is 1.57 bits per heavy atom. The topological polar surface area (TPSA) is 63.6 Å². The van der Waals surface area contributed by atoms with Crippen LogP contribution in [0.5, 0.6) is 0 Å². The highest BCUT2D eigenvalue weighted by molar-refractivity contribution is 9.10. The van der Waals surface area contributed by atoms with Gasteiger partial charge in [0.2, 0.25) is 0 Å². The minimum absolute atomic E-state index is 0.220. The smallest absolute Gasteiger partial charge is 0.337 e. The Balaban J connectivity index is 3.12. The van der Waals surface area contributed by atoms with Gasteiger partial charge < -0.3 is 9.29 Å². The van der Waals surface area contributed by atoms with E-state index in [9.17, 15) is 9.00 Å². The van der Waals surface area contributed by atoms with Crippen LogP contribution in [0.15, 0.2) is 27.6 Å². The average Bonchev–Trinajstić information content (AvgIpc) is 2.15. The second-order valence-electron chi connectivity index (χ2n) is 2.39. The Morgan fingerprint density at radius 2 is 2.21 bits per heavy atom. The molecule has 6 heteroatoms. The quantitative estimate of drug-likeness (QED) is 0.662. The highest BCUT2D eigenvalue weighted by atomic mass is 79.9. The molecule has 76 valence electrons. The molecule has 0 aliphatic carbocycles. The van der Waals surface area contributed by atoms with Gasteiger partial charge in [0.25, 0.3) is 0 Å². The van der Waals surface area contributed by atoms with Crippen LogP contribution in [0.25, 0.3) is 0 Å². The summed E-state index contributed by atoms with van der Waals surface area (Å²) in [5.74, 6) is -0.485. The van der Waals surface area contributed by atoms with Crippen LogP contribution in [-0.4, -0.2) is 21.8 Å². The Hall–Kier alpha value is -0.720. The first kappa shape index (κ1) is 11.4. The number of carbonyl (C=O) groups is 1. The van der Waals surface area contributed by atoms with E-state index in [-0.39, 0.29) is 4.90 Å². The molecule has 0 fully saturated rings. The van der Waals surface area contributed by atoms with Crippen LogP contribution in [0, 0.1) is 0 Å². The summed E-state index contributed by atoms with van der Waals surface area (Å²) in [5.41, 5.74) is 0.327. The zero-order chi connectivity index (χ0) is 10.7. The third kappa shape index (κ3) is 2.40. The van der Waals surface area contributed by atoms with E-state index < -0.39 is 17.0 Å². The lowest BCUT2D eigenvalue weighted by Gasteiger charge is -2.02. The van der Waals surface area contributed by atoms with Gasteiger partial charge in [0.05, 0.1) is 17.6 Å². The number of rotatable bonds is 2. The SMILES string of the molecule is COC(=O)c1ccc(S(=O)O)c(Br)c1. The highest BCUT2D eigenvalue weighted by Gasteiger charge is 2.10. The first-order valence-corrected chi connectivity index (χ1v) is 5.45. The van der Waals surface area contributed by atoms with Crippen molar-refractivity contribution in [3.05, 3.63) is 28.2 Å². The molecule has 0 spiro atoms. The van der Waals surface area contributed by atoms with Crippen LogP contribution in [0.1, 0.15) is 10.4 Å². The van der Waals surface area contributed by atoms with E-state index in [1.165, 1.54) is 25.3 Å². The molecule has 0 bridgehead atoms. The van der Waals surface area contributed by atoms with Crippen molar-refractivity contribution in [2.75, 3.05) is 7.11 Å². The van der Waals surface area contributed by atoms with Crippen LogP contribution in [0.4, 0.5) is 0 Å². The van der Waals surface area contributed by atoms with Crippen molar-refractivity contribution < 1.29 is 18.3 Å². The minimum atomic E-state index is -2.06. The molecule has 4 nitrogen and oxygen atoms in total. The van der Waals surface area contributed by atoms with Crippen molar-refractivity contribution in [2.24, 2.45) is 0 Å². The summed E-state index contributed by atoms with van der Waals surface area (Å²) in [6.07, 6.45) is 0. The fraction of sp³-hybridized carbons (Fsp3) is 0.125. The Morgan fingerprint density at radius 3 is 2.64 bits per heavy atom. The zero-order valence-electron chi connectivity index (χ0n) is 7.19. The van der Waals surface area contributed by atoms with Crippen molar-refractivity contribution in [3.63, 3.8) is 0 Å². The van der Waals surface area contributed by atoms with Gasteiger partial charge in [0.1, 0.15) is 0 Å². The molecule has 1 aromatic carbocycles.